The molecule has 0 aliphatic carbocycles. The molecule has 0 heterocycles. The van der Waals surface area contributed by atoms with Gasteiger partial charge in [0.1, 0.15) is 0 Å². The molecule has 19 heavy (non-hydrogen) atoms. The number of nitrogens with two attached hydrogens (primary N) is 1. The largest absolute Gasteiger partial charge is 0.493 e. The van der Waals surface area contributed by atoms with Crippen LogP contribution in [0.4, 0.5) is 5.69 Å². The second-order valence-corrected chi connectivity index (χ2v) is 4.39. The van der Waals surface area contributed by atoms with Crippen molar-refractivity contribution in [2.24, 2.45) is 5.73 Å². The number of ether oxygens (including phenoxy) is 2. The minimum Gasteiger partial charge on any atom is -0.493 e. The third-order valence-corrected chi connectivity index (χ3v) is 3.36. The summed E-state index contributed by atoms with van der Waals surface area (Å²) >= 11 is 0. The van der Waals surface area contributed by atoms with Crippen molar-refractivity contribution in [3.05, 3.63) is 18.2 Å². The molecule has 0 spiro atoms. The van der Waals surface area contributed by atoms with E-state index < -0.39 is 5.54 Å². The number of benzene rings is 1. The minimum absolute atomic E-state index is 0.190. The van der Waals surface area contributed by atoms with Crippen LogP contribution >= 0.6 is 0 Å². The van der Waals surface area contributed by atoms with E-state index in [-0.39, 0.29) is 5.91 Å². The van der Waals surface area contributed by atoms with Crippen LogP contribution in [0.2, 0.25) is 0 Å². The topological polar surface area (TPSA) is 73.6 Å². The molecule has 5 nitrogen and oxygen atoms in total. The van der Waals surface area contributed by atoms with Gasteiger partial charge in [-0.15, -0.1) is 0 Å². The Hall–Kier alpha value is -1.75. The first kappa shape index (κ1) is 15.3. The van der Waals surface area contributed by atoms with Crippen molar-refractivity contribution in [1.82, 2.24) is 0 Å². The number of amides is 1. The SMILES string of the molecule is CCC(N)(CC)C(=O)Nc1ccc(OC)c(OC)c1. The van der Waals surface area contributed by atoms with Crippen LogP contribution in [0.25, 0.3) is 0 Å². The predicted molar refractivity (Wildman–Crippen MR) is 75.7 cm³/mol. The zero-order chi connectivity index (χ0) is 14.5. The zero-order valence-electron chi connectivity index (χ0n) is 11.9. The molecule has 0 aliphatic heterocycles. The van der Waals surface area contributed by atoms with Crippen LogP contribution in [-0.4, -0.2) is 25.7 Å². The molecule has 0 atom stereocenters. The van der Waals surface area contributed by atoms with Gasteiger partial charge in [-0.3, -0.25) is 4.79 Å². The molecular weight excluding hydrogens is 244 g/mol. The molecular formula is C14H22N2O3. The molecule has 0 unspecified atom stereocenters. The van der Waals surface area contributed by atoms with E-state index in [0.29, 0.717) is 30.0 Å². The standard InChI is InChI=1S/C14H22N2O3/c1-5-14(15,6-2)13(17)16-10-7-8-11(18-3)12(9-10)19-4/h7-9H,5-6,15H2,1-4H3,(H,16,17). The number of nitrogens with one attached hydrogen (secondary N) is 1. The fourth-order valence-corrected chi connectivity index (χ4v) is 1.74. The summed E-state index contributed by atoms with van der Waals surface area (Å²) in [4.78, 5) is 12.1. The molecule has 106 valence electrons. The Labute approximate surface area is 114 Å². The smallest absolute Gasteiger partial charge is 0.244 e. The van der Waals surface area contributed by atoms with Crippen molar-refractivity contribution in [3.8, 4) is 11.5 Å². The maximum atomic E-state index is 12.1. The monoisotopic (exact) mass is 266 g/mol. The summed E-state index contributed by atoms with van der Waals surface area (Å²) in [6.45, 7) is 3.80. The van der Waals surface area contributed by atoms with Gasteiger partial charge in [-0.05, 0) is 25.0 Å². The fraction of sp³-hybridized carbons (Fsp3) is 0.500. The first-order chi connectivity index (χ1) is 9.00. The molecule has 0 radical (unpaired) electrons. The highest BCUT2D eigenvalue weighted by Gasteiger charge is 2.29. The predicted octanol–water partition coefficient (Wildman–Crippen LogP) is 2.16. The van der Waals surface area contributed by atoms with Gasteiger partial charge in [-0.25, -0.2) is 0 Å². The van der Waals surface area contributed by atoms with Crippen LogP contribution < -0.4 is 20.5 Å². The first-order valence-corrected chi connectivity index (χ1v) is 6.33. The number of rotatable bonds is 6. The Morgan fingerprint density at radius 3 is 2.26 bits per heavy atom. The molecule has 1 aromatic rings. The summed E-state index contributed by atoms with van der Waals surface area (Å²) in [5.41, 5.74) is 5.84. The van der Waals surface area contributed by atoms with Gasteiger partial charge in [0.25, 0.3) is 0 Å². The maximum Gasteiger partial charge on any atom is 0.244 e. The van der Waals surface area contributed by atoms with Crippen molar-refractivity contribution >= 4 is 11.6 Å². The Bertz CT molecular complexity index is 442. The lowest BCUT2D eigenvalue weighted by atomic mass is 9.93. The maximum absolute atomic E-state index is 12.1. The van der Waals surface area contributed by atoms with Gasteiger partial charge >= 0.3 is 0 Å². The third-order valence-electron chi connectivity index (χ3n) is 3.36. The quantitative estimate of drug-likeness (QED) is 0.827. The molecule has 0 fully saturated rings. The zero-order valence-corrected chi connectivity index (χ0v) is 11.9. The number of carbonyl (C=O) groups is 1. The van der Waals surface area contributed by atoms with Gasteiger partial charge < -0.3 is 20.5 Å². The molecule has 0 bridgehead atoms. The van der Waals surface area contributed by atoms with E-state index in [0.717, 1.165) is 0 Å². The van der Waals surface area contributed by atoms with Gasteiger partial charge in [-0.2, -0.15) is 0 Å². The molecule has 0 aliphatic rings. The molecule has 0 saturated carbocycles. The summed E-state index contributed by atoms with van der Waals surface area (Å²) in [7, 11) is 3.12. The Balaban J connectivity index is 2.91. The van der Waals surface area contributed by atoms with E-state index in [4.69, 9.17) is 15.2 Å². The van der Waals surface area contributed by atoms with Crippen molar-refractivity contribution < 1.29 is 14.3 Å². The lowest BCUT2D eigenvalue weighted by Crippen LogP contribution is -2.50. The summed E-state index contributed by atoms with van der Waals surface area (Å²) in [5.74, 6) is 0.992. The molecule has 0 aromatic heterocycles. The van der Waals surface area contributed by atoms with Crippen LogP contribution in [0.3, 0.4) is 0 Å². The fourth-order valence-electron chi connectivity index (χ4n) is 1.74. The molecule has 3 N–H and O–H groups in total. The van der Waals surface area contributed by atoms with Crippen molar-refractivity contribution in [2.75, 3.05) is 19.5 Å². The number of methoxy groups -OCH3 is 2. The first-order valence-electron chi connectivity index (χ1n) is 6.33. The van der Waals surface area contributed by atoms with E-state index in [2.05, 4.69) is 5.32 Å². The highest BCUT2D eigenvalue weighted by molar-refractivity contribution is 5.98. The highest BCUT2D eigenvalue weighted by Crippen LogP contribution is 2.30. The summed E-state index contributed by atoms with van der Waals surface area (Å²) in [6, 6.07) is 5.21. The number of anilines is 1. The molecule has 1 amide bonds. The van der Waals surface area contributed by atoms with Crippen LogP contribution in [-0.2, 0) is 4.79 Å². The van der Waals surface area contributed by atoms with Gasteiger partial charge in [0.15, 0.2) is 11.5 Å². The number of hydrogen-bond donors (Lipinski definition) is 2. The second-order valence-electron chi connectivity index (χ2n) is 4.39. The van der Waals surface area contributed by atoms with Crippen LogP contribution in [0.15, 0.2) is 18.2 Å². The average molecular weight is 266 g/mol. The van der Waals surface area contributed by atoms with E-state index in [1.54, 1.807) is 32.4 Å². The minimum atomic E-state index is -0.840. The number of hydrogen-bond acceptors (Lipinski definition) is 4. The third kappa shape index (κ3) is 3.38. The van der Waals surface area contributed by atoms with E-state index in [9.17, 15) is 4.79 Å². The van der Waals surface area contributed by atoms with Crippen LogP contribution in [0.1, 0.15) is 26.7 Å². The van der Waals surface area contributed by atoms with Gasteiger partial charge in [0.2, 0.25) is 5.91 Å². The van der Waals surface area contributed by atoms with Crippen LogP contribution in [0, 0.1) is 0 Å². The molecule has 0 saturated heterocycles. The Kier molecular flexibility index (Phi) is 5.18. The number of carbonyl (C=O) groups excluding carboxylic acids is 1. The van der Waals surface area contributed by atoms with E-state index in [1.165, 1.54) is 0 Å². The lowest BCUT2D eigenvalue weighted by Gasteiger charge is -2.25. The van der Waals surface area contributed by atoms with Crippen molar-refractivity contribution in [1.29, 1.82) is 0 Å². The van der Waals surface area contributed by atoms with Crippen molar-refractivity contribution in [2.45, 2.75) is 32.2 Å². The molecule has 1 rings (SSSR count). The lowest BCUT2D eigenvalue weighted by molar-refractivity contribution is -0.121. The normalized spacial score (nSPS) is 11.0. The van der Waals surface area contributed by atoms with E-state index in [1.807, 2.05) is 13.8 Å². The molecule has 5 heteroatoms. The summed E-state index contributed by atoms with van der Waals surface area (Å²) < 4.78 is 10.3. The molecule has 1 aromatic carbocycles. The van der Waals surface area contributed by atoms with Crippen LogP contribution in [0.5, 0.6) is 11.5 Å². The second kappa shape index (κ2) is 6.43. The van der Waals surface area contributed by atoms with E-state index >= 15 is 0 Å². The van der Waals surface area contributed by atoms with Crippen molar-refractivity contribution in [3.63, 3.8) is 0 Å². The van der Waals surface area contributed by atoms with Gasteiger partial charge in [-0.1, -0.05) is 13.8 Å². The summed E-state index contributed by atoms with van der Waals surface area (Å²) in [6.07, 6.45) is 1.17. The summed E-state index contributed by atoms with van der Waals surface area (Å²) in [5, 5.41) is 2.81. The van der Waals surface area contributed by atoms with Gasteiger partial charge in [0, 0.05) is 11.8 Å². The highest BCUT2D eigenvalue weighted by atomic mass is 16.5. The Morgan fingerprint density at radius 2 is 1.79 bits per heavy atom. The Morgan fingerprint density at radius 1 is 1.21 bits per heavy atom. The van der Waals surface area contributed by atoms with Gasteiger partial charge in [0.05, 0.1) is 19.8 Å². The average Bonchev–Trinajstić information content (AvgIpc) is 2.45.